The Morgan fingerprint density at radius 1 is 1.44 bits per heavy atom. The second kappa shape index (κ2) is 4.67. The molecule has 1 aliphatic carbocycles. The zero-order chi connectivity index (χ0) is 12.7. The number of halogens is 1. The number of rotatable bonds is 4. The first kappa shape index (κ1) is 12.2. The van der Waals surface area contributed by atoms with E-state index in [1.54, 1.807) is 11.3 Å². The lowest BCUT2D eigenvalue weighted by Crippen LogP contribution is -2.06. The summed E-state index contributed by atoms with van der Waals surface area (Å²) in [5, 5.41) is 4.96. The Kier molecular flexibility index (Phi) is 3.16. The highest BCUT2D eigenvalue weighted by Gasteiger charge is 2.35. The van der Waals surface area contributed by atoms with Crippen molar-refractivity contribution in [3.05, 3.63) is 16.2 Å². The molecule has 96 valence electrons. The fourth-order valence-electron chi connectivity index (χ4n) is 2.28. The highest BCUT2D eigenvalue weighted by Crippen LogP contribution is 2.38. The Hall–Kier alpha value is -0.870. The molecule has 2 atom stereocenters. The third kappa shape index (κ3) is 2.19. The van der Waals surface area contributed by atoms with Crippen molar-refractivity contribution in [3.8, 4) is 0 Å². The number of hydrogen-bond acceptors (Lipinski definition) is 4. The number of aromatic nitrogens is 2. The summed E-state index contributed by atoms with van der Waals surface area (Å²) < 4.78 is 0. The molecule has 0 spiro atoms. The van der Waals surface area contributed by atoms with E-state index in [2.05, 4.69) is 35.2 Å². The lowest BCUT2D eigenvalue weighted by Gasteiger charge is -2.05. The van der Waals surface area contributed by atoms with E-state index in [1.807, 2.05) is 0 Å². The van der Waals surface area contributed by atoms with E-state index in [4.69, 9.17) is 11.6 Å². The van der Waals surface area contributed by atoms with Crippen LogP contribution in [0, 0.1) is 5.92 Å². The third-order valence-corrected chi connectivity index (χ3v) is 4.88. The van der Waals surface area contributed by atoms with Gasteiger partial charge in [-0.15, -0.1) is 11.3 Å². The second-order valence-electron chi connectivity index (χ2n) is 4.78. The number of anilines is 1. The first-order valence-electron chi connectivity index (χ1n) is 6.43. The monoisotopic (exact) mass is 281 g/mol. The number of nitrogens with one attached hydrogen (secondary N) is 1. The van der Waals surface area contributed by atoms with Gasteiger partial charge in [-0.2, -0.15) is 0 Å². The summed E-state index contributed by atoms with van der Waals surface area (Å²) in [6.45, 7) is 4.38. The number of thiophene rings is 1. The Morgan fingerprint density at radius 3 is 2.94 bits per heavy atom. The van der Waals surface area contributed by atoms with Gasteiger partial charge in [-0.3, -0.25) is 0 Å². The van der Waals surface area contributed by atoms with Gasteiger partial charge in [-0.25, -0.2) is 9.97 Å². The maximum absolute atomic E-state index is 5.99. The molecule has 1 aliphatic rings. The fourth-order valence-corrected chi connectivity index (χ4v) is 3.47. The lowest BCUT2D eigenvalue weighted by molar-refractivity contribution is 0.774. The van der Waals surface area contributed by atoms with Crippen LogP contribution in [-0.2, 0) is 6.42 Å². The zero-order valence-electron chi connectivity index (χ0n) is 10.5. The summed E-state index contributed by atoms with van der Waals surface area (Å²) in [5.41, 5.74) is 0. The largest absolute Gasteiger partial charge is 0.366 e. The highest BCUT2D eigenvalue weighted by molar-refractivity contribution is 7.18. The molecule has 2 heterocycles. The SMILES string of the molecule is CCc1cc2c(NC3CC3CC)nc(Cl)nc2s1. The van der Waals surface area contributed by atoms with Crippen LogP contribution in [0.15, 0.2) is 6.07 Å². The smallest absolute Gasteiger partial charge is 0.225 e. The Morgan fingerprint density at radius 2 is 2.28 bits per heavy atom. The molecule has 0 saturated heterocycles. The van der Waals surface area contributed by atoms with Crippen LogP contribution in [-0.4, -0.2) is 16.0 Å². The average molecular weight is 282 g/mol. The first-order chi connectivity index (χ1) is 8.71. The number of hydrogen-bond donors (Lipinski definition) is 1. The van der Waals surface area contributed by atoms with E-state index in [0.717, 1.165) is 28.4 Å². The van der Waals surface area contributed by atoms with Crippen LogP contribution in [0.5, 0.6) is 0 Å². The minimum Gasteiger partial charge on any atom is -0.366 e. The van der Waals surface area contributed by atoms with Crippen molar-refractivity contribution >= 4 is 39.0 Å². The van der Waals surface area contributed by atoms with E-state index < -0.39 is 0 Å². The van der Waals surface area contributed by atoms with Gasteiger partial charge in [0, 0.05) is 10.9 Å². The predicted octanol–water partition coefficient (Wildman–Crippen LogP) is 4.12. The molecule has 1 saturated carbocycles. The van der Waals surface area contributed by atoms with Crippen molar-refractivity contribution in [2.75, 3.05) is 5.32 Å². The van der Waals surface area contributed by atoms with Crippen LogP contribution in [0.4, 0.5) is 5.82 Å². The second-order valence-corrected chi connectivity index (χ2v) is 6.23. The summed E-state index contributed by atoms with van der Waals surface area (Å²) >= 11 is 7.70. The quantitative estimate of drug-likeness (QED) is 0.857. The molecule has 0 radical (unpaired) electrons. The number of aryl methyl sites for hydroxylation is 1. The van der Waals surface area contributed by atoms with E-state index in [1.165, 1.54) is 17.7 Å². The van der Waals surface area contributed by atoms with Gasteiger partial charge >= 0.3 is 0 Å². The molecule has 18 heavy (non-hydrogen) atoms. The minimum absolute atomic E-state index is 0.336. The molecule has 2 aromatic heterocycles. The van der Waals surface area contributed by atoms with E-state index in [-0.39, 0.29) is 0 Å². The summed E-state index contributed by atoms with van der Waals surface area (Å²) in [6, 6.07) is 2.75. The molecule has 0 amide bonds. The molecule has 0 aromatic carbocycles. The van der Waals surface area contributed by atoms with Crippen molar-refractivity contribution in [2.45, 2.75) is 39.2 Å². The fraction of sp³-hybridized carbons (Fsp3) is 0.538. The molecule has 2 aromatic rings. The Balaban J connectivity index is 1.96. The highest BCUT2D eigenvalue weighted by atomic mass is 35.5. The van der Waals surface area contributed by atoms with Gasteiger partial charge in [0.05, 0.1) is 5.39 Å². The van der Waals surface area contributed by atoms with Crippen LogP contribution in [0.1, 0.15) is 31.6 Å². The maximum atomic E-state index is 5.99. The van der Waals surface area contributed by atoms with E-state index >= 15 is 0 Å². The molecule has 3 nitrogen and oxygen atoms in total. The summed E-state index contributed by atoms with van der Waals surface area (Å²) in [6.07, 6.45) is 3.49. The molecule has 0 aliphatic heterocycles. The molecule has 5 heteroatoms. The Bertz CT molecular complexity index is 581. The van der Waals surface area contributed by atoms with Gasteiger partial charge in [-0.05, 0) is 36.4 Å². The van der Waals surface area contributed by atoms with Crippen LogP contribution < -0.4 is 5.32 Å². The van der Waals surface area contributed by atoms with Crippen molar-refractivity contribution in [2.24, 2.45) is 5.92 Å². The zero-order valence-corrected chi connectivity index (χ0v) is 12.1. The van der Waals surface area contributed by atoms with Crippen LogP contribution in [0.2, 0.25) is 5.28 Å². The summed E-state index contributed by atoms with van der Waals surface area (Å²) in [5.74, 6) is 1.69. The molecule has 3 rings (SSSR count). The van der Waals surface area contributed by atoms with Gasteiger partial charge in [0.1, 0.15) is 10.6 Å². The van der Waals surface area contributed by atoms with Crippen LogP contribution in [0.25, 0.3) is 10.2 Å². The molecule has 2 unspecified atom stereocenters. The number of fused-ring (bicyclic) bond motifs is 1. The molecule has 0 bridgehead atoms. The van der Waals surface area contributed by atoms with Gasteiger partial charge in [0.15, 0.2) is 0 Å². The molecular formula is C13H16ClN3S. The minimum atomic E-state index is 0.336. The van der Waals surface area contributed by atoms with Crippen molar-refractivity contribution in [1.82, 2.24) is 9.97 Å². The van der Waals surface area contributed by atoms with Crippen LogP contribution >= 0.6 is 22.9 Å². The summed E-state index contributed by atoms with van der Waals surface area (Å²) in [7, 11) is 0. The molecular weight excluding hydrogens is 266 g/mol. The molecule has 1 N–H and O–H groups in total. The van der Waals surface area contributed by atoms with E-state index in [0.29, 0.717) is 11.3 Å². The van der Waals surface area contributed by atoms with Crippen molar-refractivity contribution in [3.63, 3.8) is 0 Å². The first-order valence-corrected chi connectivity index (χ1v) is 7.63. The van der Waals surface area contributed by atoms with Gasteiger partial charge in [-0.1, -0.05) is 20.3 Å². The maximum Gasteiger partial charge on any atom is 0.225 e. The topological polar surface area (TPSA) is 37.8 Å². The predicted molar refractivity (Wildman–Crippen MR) is 77.6 cm³/mol. The van der Waals surface area contributed by atoms with Gasteiger partial charge < -0.3 is 5.32 Å². The standard InChI is InChI=1S/C13H16ClN3S/c1-3-7-5-10(7)15-11-9-6-8(4-2)18-12(9)17-13(14)16-11/h6-7,10H,3-5H2,1-2H3,(H,15,16,17). The van der Waals surface area contributed by atoms with Crippen molar-refractivity contribution in [1.29, 1.82) is 0 Å². The van der Waals surface area contributed by atoms with Crippen LogP contribution in [0.3, 0.4) is 0 Å². The van der Waals surface area contributed by atoms with Gasteiger partial charge in [0.25, 0.3) is 0 Å². The number of nitrogens with zero attached hydrogens (tertiary/aromatic N) is 2. The van der Waals surface area contributed by atoms with E-state index in [9.17, 15) is 0 Å². The molecule has 1 fully saturated rings. The normalized spacial score (nSPS) is 22.4. The summed E-state index contributed by atoms with van der Waals surface area (Å²) in [4.78, 5) is 11.0. The van der Waals surface area contributed by atoms with Crippen molar-refractivity contribution < 1.29 is 0 Å². The third-order valence-electron chi connectivity index (χ3n) is 3.53. The lowest BCUT2D eigenvalue weighted by atomic mass is 10.3. The van der Waals surface area contributed by atoms with Gasteiger partial charge in [0.2, 0.25) is 5.28 Å². The average Bonchev–Trinajstić information content (AvgIpc) is 2.96. The Labute approximate surface area is 116 Å².